The lowest BCUT2D eigenvalue weighted by Gasteiger charge is -2.31. The number of rotatable bonds is 3. The van der Waals surface area contributed by atoms with Crippen LogP contribution in [0.3, 0.4) is 0 Å². The third-order valence-electron chi connectivity index (χ3n) is 2.93. The fourth-order valence-corrected chi connectivity index (χ4v) is 2.07. The van der Waals surface area contributed by atoms with Crippen molar-refractivity contribution < 1.29 is 4.74 Å². The molecule has 1 aliphatic rings. The van der Waals surface area contributed by atoms with Crippen LogP contribution in [0.15, 0.2) is 12.4 Å². The predicted molar refractivity (Wildman–Crippen MR) is 62.8 cm³/mol. The highest BCUT2D eigenvalue weighted by atomic mass is 35.5. The van der Waals surface area contributed by atoms with Crippen LogP contribution in [0.1, 0.15) is 19.3 Å². The van der Waals surface area contributed by atoms with Gasteiger partial charge in [0.25, 0.3) is 0 Å². The Morgan fingerprint density at radius 1 is 1.50 bits per heavy atom. The summed E-state index contributed by atoms with van der Waals surface area (Å²) in [6.07, 6.45) is 6.84. The first kappa shape index (κ1) is 11.6. The number of halogens is 1. The molecule has 0 saturated carbocycles. The van der Waals surface area contributed by atoms with Crippen molar-refractivity contribution in [2.75, 3.05) is 20.2 Å². The van der Waals surface area contributed by atoms with Crippen molar-refractivity contribution in [1.29, 1.82) is 0 Å². The molecule has 16 heavy (non-hydrogen) atoms. The average Bonchev–Trinajstić information content (AvgIpc) is 2.28. The van der Waals surface area contributed by atoms with Crippen LogP contribution in [-0.4, -0.2) is 41.1 Å². The van der Waals surface area contributed by atoms with Crippen molar-refractivity contribution >= 4 is 11.6 Å². The van der Waals surface area contributed by atoms with E-state index in [2.05, 4.69) is 21.9 Å². The summed E-state index contributed by atoms with van der Waals surface area (Å²) < 4.78 is 5.60. The molecule has 2 rings (SSSR count). The quantitative estimate of drug-likeness (QED) is 0.811. The van der Waals surface area contributed by atoms with E-state index in [-0.39, 0.29) is 0 Å². The van der Waals surface area contributed by atoms with Gasteiger partial charge in [0.15, 0.2) is 5.15 Å². The first-order valence-electron chi connectivity index (χ1n) is 5.56. The average molecular weight is 242 g/mol. The number of likely N-dealkylation sites (tertiary alicyclic amines) is 1. The lowest BCUT2D eigenvalue weighted by Crippen LogP contribution is -2.40. The molecular weight excluding hydrogens is 226 g/mol. The summed E-state index contributed by atoms with van der Waals surface area (Å²) in [5.74, 6) is 0.506. The molecule has 0 bridgehead atoms. The first-order chi connectivity index (χ1) is 7.75. The van der Waals surface area contributed by atoms with Gasteiger partial charge in [-0.25, -0.2) is 0 Å². The van der Waals surface area contributed by atoms with Gasteiger partial charge in [-0.2, -0.15) is 4.98 Å². The Balaban J connectivity index is 1.86. The fraction of sp³-hybridized carbons (Fsp3) is 0.636. The summed E-state index contributed by atoms with van der Waals surface area (Å²) in [6.45, 7) is 1.81. The van der Waals surface area contributed by atoms with Gasteiger partial charge in [0.2, 0.25) is 5.88 Å². The van der Waals surface area contributed by atoms with Crippen LogP contribution in [0.4, 0.5) is 0 Å². The van der Waals surface area contributed by atoms with Gasteiger partial charge in [0.1, 0.15) is 6.61 Å². The topological polar surface area (TPSA) is 38.2 Å². The van der Waals surface area contributed by atoms with Crippen LogP contribution >= 0.6 is 11.6 Å². The van der Waals surface area contributed by atoms with Crippen LogP contribution in [0.25, 0.3) is 0 Å². The van der Waals surface area contributed by atoms with Crippen LogP contribution in [-0.2, 0) is 0 Å². The number of ether oxygens (including phenoxy) is 1. The zero-order chi connectivity index (χ0) is 11.4. The number of nitrogens with zero attached hydrogens (tertiary/aromatic N) is 3. The molecule has 1 aromatic rings. The minimum Gasteiger partial charge on any atom is -0.475 e. The summed E-state index contributed by atoms with van der Waals surface area (Å²) in [6, 6.07) is 0.481. The highest BCUT2D eigenvalue weighted by Crippen LogP contribution is 2.16. The molecule has 0 N–H and O–H groups in total. The van der Waals surface area contributed by atoms with E-state index in [0.29, 0.717) is 23.7 Å². The zero-order valence-electron chi connectivity index (χ0n) is 9.40. The van der Waals surface area contributed by atoms with Crippen molar-refractivity contribution in [1.82, 2.24) is 14.9 Å². The van der Waals surface area contributed by atoms with Gasteiger partial charge in [-0.3, -0.25) is 4.98 Å². The molecule has 0 radical (unpaired) electrons. The predicted octanol–water partition coefficient (Wildman–Crippen LogP) is 1.99. The molecule has 1 unspecified atom stereocenters. The van der Waals surface area contributed by atoms with Crippen LogP contribution in [0.2, 0.25) is 5.15 Å². The van der Waals surface area contributed by atoms with Gasteiger partial charge in [0, 0.05) is 6.04 Å². The molecule has 0 aliphatic carbocycles. The van der Waals surface area contributed by atoms with E-state index in [1.165, 1.54) is 25.5 Å². The largest absolute Gasteiger partial charge is 0.475 e. The highest BCUT2D eigenvalue weighted by Gasteiger charge is 2.19. The third-order valence-corrected chi connectivity index (χ3v) is 3.11. The first-order valence-corrected chi connectivity index (χ1v) is 5.94. The molecule has 1 atom stereocenters. The van der Waals surface area contributed by atoms with Crippen LogP contribution in [0.5, 0.6) is 5.88 Å². The van der Waals surface area contributed by atoms with Crippen molar-refractivity contribution in [3.63, 3.8) is 0 Å². The van der Waals surface area contributed by atoms with E-state index in [1.54, 1.807) is 6.20 Å². The van der Waals surface area contributed by atoms with Crippen LogP contribution < -0.4 is 4.74 Å². The molecule has 1 fully saturated rings. The van der Waals surface area contributed by atoms with Crippen LogP contribution in [0, 0.1) is 0 Å². The van der Waals surface area contributed by atoms with E-state index >= 15 is 0 Å². The molecular formula is C11H16ClN3O. The molecule has 0 aromatic carbocycles. The van der Waals surface area contributed by atoms with E-state index in [1.807, 2.05) is 0 Å². The van der Waals surface area contributed by atoms with Gasteiger partial charge in [-0.1, -0.05) is 18.0 Å². The molecule has 0 amide bonds. The number of aromatic nitrogens is 2. The van der Waals surface area contributed by atoms with E-state index in [4.69, 9.17) is 16.3 Å². The summed E-state index contributed by atoms with van der Waals surface area (Å²) in [5.41, 5.74) is 0. The summed E-state index contributed by atoms with van der Waals surface area (Å²) in [5, 5.41) is 0.370. The highest BCUT2D eigenvalue weighted by molar-refractivity contribution is 6.29. The summed E-state index contributed by atoms with van der Waals surface area (Å²) in [4.78, 5) is 10.3. The SMILES string of the molecule is CN1CCCCC1COc1cncc(Cl)n1. The fourth-order valence-electron chi connectivity index (χ4n) is 1.93. The Morgan fingerprint density at radius 2 is 2.38 bits per heavy atom. The maximum Gasteiger partial charge on any atom is 0.233 e. The Bertz CT molecular complexity index is 348. The maximum absolute atomic E-state index is 5.73. The van der Waals surface area contributed by atoms with Crippen molar-refractivity contribution in [2.45, 2.75) is 25.3 Å². The minimum atomic E-state index is 0.370. The number of likely N-dealkylation sites (N-methyl/N-ethyl adjacent to an activating group) is 1. The lowest BCUT2D eigenvalue weighted by molar-refractivity contribution is 0.122. The second kappa shape index (κ2) is 5.46. The molecule has 1 aliphatic heterocycles. The molecule has 1 saturated heterocycles. The maximum atomic E-state index is 5.73. The summed E-state index contributed by atoms with van der Waals surface area (Å²) in [7, 11) is 2.14. The van der Waals surface area contributed by atoms with E-state index in [9.17, 15) is 0 Å². The smallest absolute Gasteiger partial charge is 0.233 e. The molecule has 1 aromatic heterocycles. The summed E-state index contributed by atoms with van der Waals surface area (Å²) >= 11 is 5.73. The number of hydrogen-bond donors (Lipinski definition) is 0. The van der Waals surface area contributed by atoms with Crippen molar-refractivity contribution in [3.05, 3.63) is 17.5 Å². The Hall–Kier alpha value is -0.870. The Labute approximate surface area is 101 Å². The second-order valence-corrected chi connectivity index (χ2v) is 4.51. The monoisotopic (exact) mass is 241 g/mol. The molecule has 5 heteroatoms. The Morgan fingerprint density at radius 3 is 3.12 bits per heavy atom. The number of piperidine rings is 1. The second-order valence-electron chi connectivity index (χ2n) is 4.12. The van der Waals surface area contributed by atoms with Gasteiger partial charge >= 0.3 is 0 Å². The minimum absolute atomic E-state index is 0.370. The standard InChI is InChI=1S/C11H16ClN3O/c1-15-5-3-2-4-9(15)8-16-11-7-13-6-10(12)14-11/h6-7,9H,2-5,8H2,1H3. The molecule has 88 valence electrons. The van der Waals surface area contributed by atoms with Gasteiger partial charge in [-0.05, 0) is 26.4 Å². The zero-order valence-corrected chi connectivity index (χ0v) is 10.2. The van der Waals surface area contributed by atoms with E-state index < -0.39 is 0 Å². The lowest BCUT2D eigenvalue weighted by atomic mass is 10.0. The normalized spacial score (nSPS) is 22.0. The molecule has 4 nitrogen and oxygen atoms in total. The van der Waals surface area contributed by atoms with Crippen molar-refractivity contribution in [3.8, 4) is 5.88 Å². The molecule has 0 spiro atoms. The van der Waals surface area contributed by atoms with Gasteiger partial charge in [0.05, 0.1) is 12.4 Å². The van der Waals surface area contributed by atoms with Gasteiger partial charge in [-0.15, -0.1) is 0 Å². The third kappa shape index (κ3) is 3.06. The number of hydrogen-bond acceptors (Lipinski definition) is 4. The van der Waals surface area contributed by atoms with E-state index in [0.717, 1.165) is 6.54 Å². The van der Waals surface area contributed by atoms with Crippen molar-refractivity contribution in [2.24, 2.45) is 0 Å². The Kier molecular flexibility index (Phi) is 3.96. The van der Waals surface area contributed by atoms with Gasteiger partial charge < -0.3 is 9.64 Å². The molecule has 2 heterocycles.